The molecule has 0 unspecified atom stereocenters. The van der Waals surface area contributed by atoms with Gasteiger partial charge in [-0.2, -0.15) is 0 Å². The molecule has 5 rings (SSSR count). The highest BCUT2D eigenvalue weighted by Crippen LogP contribution is 2.34. The van der Waals surface area contributed by atoms with Crippen LogP contribution >= 0.6 is 0 Å². The van der Waals surface area contributed by atoms with E-state index in [-0.39, 0.29) is 11.2 Å². The smallest absolute Gasteiger partial charge is 0.0737 e. The van der Waals surface area contributed by atoms with Crippen LogP contribution in [0.3, 0.4) is 0 Å². The van der Waals surface area contributed by atoms with E-state index in [2.05, 4.69) is 152 Å². The van der Waals surface area contributed by atoms with Gasteiger partial charge in [0.05, 0.1) is 16.7 Å². The van der Waals surface area contributed by atoms with Gasteiger partial charge in [0, 0.05) is 25.8 Å². The summed E-state index contributed by atoms with van der Waals surface area (Å²) in [5.41, 5.74) is 12.7. The summed E-state index contributed by atoms with van der Waals surface area (Å²) in [7, 11) is 3.46. The molecule has 0 spiro atoms. The van der Waals surface area contributed by atoms with Gasteiger partial charge in [-0.1, -0.05) is 168 Å². The van der Waals surface area contributed by atoms with Crippen molar-refractivity contribution >= 4 is 33.7 Å². The second kappa shape index (κ2) is 27.4. The number of fused-ring (bicyclic) bond motifs is 1. The molecule has 1 aromatic heterocycles. The number of hydrogen-bond acceptors (Lipinski definition) is 3. The lowest BCUT2D eigenvalue weighted by molar-refractivity contribution is -0.0157. The van der Waals surface area contributed by atoms with Crippen molar-refractivity contribution in [3.05, 3.63) is 198 Å². The van der Waals surface area contributed by atoms with E-state index < -0.39 is 0 Å². The molecule has 0 bridgehead atoms. The Bertz CT molecular complexity index is 2110. The van der Waals surface area contributed by atoms with Crippen LogP contribution in [0.25, 0.3) is 33.7 Å². The SMILES string of the molecule is C=C/C=C\c1c(C(/C=C(\C)c2ccc(C)cc2)=C/C(=C)c2ccccc2)cc2cccnc2c1C.C=CCc1ccccc1.CC.COC(C)(C)C.COC(C)(C)C(C)C. The minimum atomic E-state index is 0.0417. The van der Waals surface area contributed by atoms with E-state index in [9.17, 15) is 0 Å². The van der Waals surface area contributed by atoms with Crippen LogP contribution in [-0.2, 0) is 15.9 Å². The van der Waals surface area contributed by atoms with E-state index in [1.54, 1.807) is 14.2 Å². The van der Waals surface area contributed by atoms with Crippen molar-refractivity contribution in [1.29, 1.82) is 0 Å². The number of methoxy groups -OCH3 is 2. The average molecular weight is 806 g/mol. The van der Waals surface area contributed by atoms with Gasteiger partial charge in [-0.15, -0.1) is 6.58 Å². The monoisotopic (exact) mass is 806 g/mol. The van der Waals surface area contributed by atoms with Crippen molar-refractivity contribution in [1.82, 2.24) is 4.98 Å². The highest BCUT2D eigenvalue weighted by atomic mass is 16.5. The van der Waals surface area contributed by atoms with Crippen molar-refractivity contribution in [3.8, 4) is 0 Å². The molecule has 4 aromatic carbocycles. The first-order chi connectivity index (χ1) is 28.5. The second-order valence-corrected chi connectivity index (χ2v) is 16.1. The third kappa shape index (κ3) is 18.7. The molecular weight excluding hydrogens is 731 g/mol. The summed E-state index contributed by atoms with van der Waals surface area (Å²) in [4.78, 5) is 4.66. The van der Waals surface area contributed by atoms with Crippen LogP contribution < -0.4 is 0 Å². The lowest BCUT2D eigenvalue weighted by Gasteiger charge is -2.26. The molecular formula is C57H75NO2. The Kier molecular flexibility index (Phi) is 24.1. The lowest BCUT2D eigenvalue weighted by atomic mass is 9.89. The maximum absolute atomic E-state index is 5.20. The zero-order valence-electron chi connectivity index (χ0n) is 39.5. The molecule has 5 aromatic rings. The van der Waals surface area contributed by atoms with Crippen LogP contribution in [0.5, 0.6) is 0 Å². The Morgan fingerprint density at radius 3 is 1.80 bits per heavy atom. The minimum absolute atomic E-state index is 0.0417. The van der Waals surface area contributed by atoms with Crippen LogP contribution in [0.4, 0.5) is 0 Å². The normalized spacial score (nSPS) is 11.5. The van der Waals surface area contributed by atoms with E-state index >= 15 is 0 Å². The van der Waals surface area contributed by atoms with Gasteiger partial charge >= 0.3 is 0 Å². The summed E-state index contributed by atoms with van der Waals surface area (Å²) in [6.45, 7) is 36.9. The fourth-order valence-corrected chi connectivity index (χ4v) is 5.30. The second-order valence-electron chi connectivity index (χ2n) is 16.1. The zero-order valence-corrected chi connectivity index (χ0v) is 39.5. The van der Waals surface area contributed by atoms with Gasteiger partial charge in [-0.05, 0) is 136 Å². The van der Waals surface area contributed by atoms with Crippen LogP contribution in [0.15, 0.2) is 159 Å². The summed E-state index contributed by atoms with van der Waals surface area (Å²) in [5.74, 6) is 0.590. The van der Waals surface area contributed by atoms with E-state index in [1.807, 2.05) is 102 Å². The van der Waals surface area contributed by atoms with E-state index in [1.165, 1.54) is 22.3 Å². The summed E-state index contributed by atoms with van der Waals surface area (Å²) >= 11 is 0. The van der Waals surface area contributed by atoms with Crippen LogP contribution in [0.1, 0.15) is 108 Å². The maximum Gasteiger partial charge on any atom is 0.0737 e. The molecule has 0 aliphatic rings. The first-order valence-electron chi connectivity index (χ1n) is 21.1. The third-order valence-electron chi connectivity index (χ3n) is 10.0. The Hall–Kier alpha value is -5.35. The Labute approximate surface area is 366 Å². The third-order valence-corrected chi connectivity index (χ3v) is 10.0. The number of rotatable bonds is 11. The molecule has 1 heterocycles. The lowest BCUT2D eigenvalue weighted by Crippen LogP contribution is -2.29. The van der Waals surface area contributed by atoms with Gasteiger partial charge in [-0.25, -0.2) is 0 Å². The molecule has 0 saturated carbocycles. The van der Waals surface area contributed by atoms with Crippen molar-refractivity contribution in [2.45, 2.75) is 101 Å². The highest BCUT2D eigenvalue weighted by Gasteiger charge is 2.20. The predicted octanol–water partition coefficient (Wildman–Crippen LogP) is 16.2. The van der Waals surface area contributed by atoms with Crippen LogP contribution in [0.2, 0.25) is 0 Å². The number of hydrogen-bond donors (Lipinski definition) is 0. The summed E-state index contributed by atoms with van der Waals surface area (Å²) < 4.78 is 10.1. The number of ether oxygens (including phenoxy) is 2. The molecule has 0 atom stereocenters. The van der Waals surface area contributed by atoms with E-state index in [4.69, 9.17) is 9.47 Å². The van der Waals surface area contributed by atoms with Gasteiger partial charge in [0.15, 0.2) is 0 Å². The molecule has 3 nitrogen and oxygen atoms in total. The van der Waals surface area contributed by atoms with Gasteiger partial charge in [0.25, 0.3) is 0 Å². The molecule has 0 aliphatic heterocycles. The largest absolute Gasteiger partial charge is 0.379 e. The molecule has 0 radical (unpaired) electrons. The number of nitrogens with zero attached hydrogens (tertiary/aromatic N) is 1. The Morgan fingerprint density at radius 1 is 0.750 bits per heavy atom. The minimum Gasteiger partial charge on any atom is -0.379 e. The molecule has 320 valence electrons. The first kappa shape index (κ1) is 52.7. The van der Waals surface area contributed by atoms with Crippen LogP contribution in [0, 0.1) is 19.8 Å². The van der Waals surface area contributed by atoms with Crippen molar-refractivity contribution in [3.63, 3.8) is 0 Å². The van der Waals surface area contributed by atoms with Crippen LogP contribution in [-0.4, -0.2) is 30.4 Å². The Morgan fingerprint density at radius 2 is 1.32 bits per heavy atom. The summed E-state index contributed by atoms with van der Waals surface area (Å²) in [5, 5.41) is 1.12. The molecule has 0 aliphatic carbocycles. The quantitative estimate of drug-likeness (QED) is 0.0984. The number of aromatic nitrogens is 1. The number of pyridine rings is 1. The summed E-state index contributed by atoms with van der Waals surface area (Å²) in [6.07, 6.45) is 15.1. The maximum atomic E-state index is 5.20. The topological polar surface area (TPSA) is 31.4 Å². The standard InChI is InChI=1S/C34H31N.C9H10.C7H16O.C5H12O.C2H6/c1-6-7-15-32-27(5)34-30(14-11-20-35-34)23-33(32)31(21-25(3)28-12-9-8-10-13-28)22-26(4)29-18-16-24(2)17-19-29;1-2-6-9-7-4-3-5-8-9;1-6(2)7(3,4)8-5;1-5(2,3)6-4;1-2/h6-23H,1,3H2,2,4-5H3;2-5,7-8H,1,6H2;6H,1-5H3;1-4H3;1-2H3/b15-7-,26-22+,31-21+;;;;. The Balaban J connectivity index is 0.000000582. The van der Waals surface area contributed by atoms with Gasteiger partial charge in [-0.3, -0.25) is 4.98 Å². The van der Waals surface area contributed by atoms with Crippen molar-refractivity contribution < 1.29 is 9.47 Å². The van der Waals surface area contributed by atoms with Gasteiger partial charge in [0.1, 0.15) is 0 Å². The highest BCUT2D eigenvalue weighted by molar-refractivity contribution is 5.98. The molecule has 60 heavy (non-hydrogen) atoms. The average Bonchev–Trinajstić information content (AvgIpc) is 3.25. The van der Waals surface area contributed by atoms with E-state index in [0.29, 0.717) is 5.92 Å². The fraction of sp³-hybridized carbons (Fsp3) is 0.316. The number of aryl methyl sites for hydroxylation is 2. The zero-order chi connectivity index (χ0) is 45.3. The number of benzene rings is 4. The molecule has 0 amide bonds. The molecule has 0 N–H and O–H groups in total. The summed E-state index contributed by atoms with van der Waals surface area (Å²) in [6, 6.07) is 35.6. The fourth-order valence-electron chi connectivity index (χ4n) is 5.30. The van der Waals surface area contributed by atoms with Crippen molar-refractivity contribution in [2.24, 2.45) is 5.92 Å². The first-order valence-corrected chi connectivity index (χ1v) is 21.1. The molecule has 0 saturated heterocycles. The molecule has 3 heteroatoms. The van der Waals surface area contributed by atoms with E-state index in [0.717, 1.165) is 50.7 Å². The number of allylic oxidation sites excluding steroid dienone is 8. The van der Waals surface area contributed by atoms with Crippen molar-refractivity contribution in [2.75, 3.05) is 14.2 Å². The van der Waals surface area contributed by atoms with Gasteiger partial charge < -0.3 is 9.47 Å². The van der Waals surface area contributed by atoms with Gasteiger partial charge in [0.2, 0.25) is 0 Å². The molecule has 0 fully saturated rings. The predicted molar refractivity (Wildman–Crippen MR) is 268 cm³/mol.